The average Bonchev–Trinajstić information content (AvgIpc) is 3.49. The number of halogens is 2. The molecule has 180 valence electrons. The minimum atomic E-state index is -3.22. The van der Waals surface area contributed by atoms with Gasteiger partial charge in [0, 0.05) is 23.1 Å². The number of amides is 2. The van der Waals surface area contributed by atoms with Crippen LogP contribution in [0.2, 0.25) is 0 Å². The first-order chi connectivity index (χ1) is 16.3. The standard InChI is InChI=1S/C24H24F2N2O6/c1-32-22(31)19-13-23(33-11-12-34-23)15-28(19)20(29)14-27-21(30)16-7-9-18(10-8-16)24(25,26)17-5-3-2-4-6-17/h2-10,19H,11-15H2,1H3,(H,27,30)/t19-/m0/s1. The number of methoxy groups -OCH3 is 1. The minimum absolute atomic E-state index is 0.0325. The van der Waals surface area contributed by atoms with Crippen LogP contribution in [-0.4, -0.2) is 67.9 Å². The van der Waals surface area contributed by atoms with Crippen molar-refractivity contribution in [3.63, 3.8) is 0 Å². The van der Waals surface area contributed by atoms with E-state index in [1.54, 1.807) is 6.07 Å². The molecule has 2 aromatic carbocycles. The molecule has 2 aliphatic heterocycles. The summed E-state index contributed by atoms with van der Waals surface area (Å²) in [7, 11) is 1.22. The summed E-state index contributed by atoms with van der Waals surface area (Å²) in [6.45, 7) is 0.340. The number of ether oxygens (including phenoxy) is 3. The number of rotatable bonds is 6. The van der Waals surface area contributed by atoms with Crippen LogP contribution < -0.4 is 5.32 Å². The van der Waals surface area contributed by atoms with Gasteiger partial charge in [-0.1, -0.05) is 42.5 Å². The Balaban J connectivity index is 1.39. The van der Waals surface area contributed by atoms with Crippen molar-refractivity contribution in [3.05, 3.63) is 71.3 Å². The van der Waals surface area contributed by atoms with E-state index in [-0.39, 0.29) is 29.7 Å². The fourth-order valence-corrected chi connectivity index (χ4v) is 4.16. The largest absolute Gasteiger partial charge is 0.467 e. The summed E-state index contributed by atoms with van der Waals surface area (Å²) >= 11 is 0. The molecule has 10 heteroatoms. The molecule has 0 radical (unpaired) electrons. The molecule has 1 N–H and O–H groups in total. The van der Waals surface area contributed by atoms with Gasteiger partial charge >= 0.3 is 5.97 Å². The van der Waals surface area contributed by atoms with Gasteiger partial charge in [0.05, 0.1) is 33.4 Å². The lowest BCUT2D eigenvalue weighted by Gasteiger charge is -2.23. The van der Waals surface area contributed by atoms with Gasteiger partial charge in [-0.2, -0.15) is 8.78 Å². The molecule has 2 aromatic rings. The van der Waals surface area contributed by atoms with E-state index in [0.29, 0.717) is 13.2 Å². The van der Waals surface area contributed by atoms with E-state index < -0.39 is 42.1 Å². The molecule has 0 aromatic heterocycles. The predicted molar refractivity (Wildman–Crippen MR) is 115 cm³/mol. The third-order valence-corrected chi connectivity index (χ3v) is 5.95. The Bertz CT molecular complexity index is 1050. The van der Waals surface area contributed by atoms with Gasteiger partial charge in [0.25, 0.3) is 11.8 Å². The zero-order valence-electron chi connectivity index (χ0n) is 18.5. The topological polar surface area (TPSA) is 94.2 Å². The van der Waals surface area contributed by atoms with Crippen molar-refractivity contribution in [2.24, 2.45) is 0 Å². The number of carbonyl (C=O) groups is 3. The molecule has 0 aliphatic carbocycles. The van der Waals surface area contributed by atoms with Crippen molar-refractivity contribution in [2.75, 3.05) is 33.4 Å². The van der Waals surface area contributed by atoms with Crippen LogP contribution in [0.5, 0.6) is 0 Å². The van der Waals surface area contributed by atoms with E-state index in [1.807, 2.05) is 0 Å². The van der Waals surface area contributed by atoms with Gasteiger partial charge in [-0.05, 0) is 12.1 Å². The van der Waals surface area contributed by atoms with Crippen LogP contribution in [0.4, 0.5) is 8.78 Å². The van der Waals surface area contributed by atoms with Crippen molar-refractivity contribution >= 4 is 17.8 Å². The zero-order valence-corrected chi connectivity index (χ0v) is 18.5. The third kappa shape index (κ3) is 4.64. The molecule has 4 rings (SSSR count). The SMILES string of the molecule is COC(=O)[C@@H]1CC2(CN1C(=O)CNC(=O)c1ccc(C(F)(F)c3ccccc3)cc1)OCCO2. The molecule has 34 heavy (non-hydrogen) atoms. The van der Waals surface area contributed by atoms with Crippen LogP contribution in [0.1, 0.15) is 27.9 Å². The Kier molecular flexibility index (Phi) is 6.63. The van der Waals surface area contributed by atoms with Crippen LogP contribution in [-0.2, 0) is 29.7 Å². The number of nitrogens with zero attached hydrogens (tertiary/aromatic N) is 1. The second-order valence-corrected chi connectivity index (χ2v) is 8.07. The normalized spacial score (nSPS) is 19.3. The maximum atomic E-state index is 14.7. The van der Waals surface area contributed by atoms with Crippen molar-refractivity contribution < 1.29 is 37.4 Å². The van der Waals surface area contributed by atoms with Gasteiger partial charge in [0.1, 0.15) is 6.04 Å². The highest BCUT2D eigenvalue weighted by Crippen LogP contribution is 2.36. The van der Waals surface area contributed by atoms with Crippen LogP contribution in [0.3, 0.4) is 0 Å². The maximum Gasteiger partial charge on any atom is 0.328 e. The number of carbonyl (C=O) groups excluding carboxylic acids is 3. The fourth-order valence-electron chi connectivity index (χ4n) is 4.16. The van der Waals surface area contributed by atoms with Gasteiger partial charge in [0.2, 0.25) is 5.91 Å². The van der Waals surface area contributed by atoms with E-state index in [4.69, 9.17) is 14.2 Å². The maximum absolute atomic E-state index is 14.7. The lowest BCUT2D eigenvalue weighted by Crippen LogP contribution is -2.46. The van der Waals surface area contributed by atoms with E-state index in [0.717, 1.165) is 0 Å². The molecule has 2 heterocycles. The molecule has 8 nitrogen and oxygen atoms in total. The summed E-state index contributed by atoms with van der Waals surface area (Å²) in [4.78, 5) is 38.7. The first kappa shape index (κ1) is 23.8. The number of alkyl halides is 2. The molecule has 1 atom stereocenters. The minimum Gasteiger partial charge on any atom is -0.467 e. The zero-order chi connectivity index (χ0) is 24.3. The monoisotopic (exact) mass is 474 g/mol. The van der Waals surface area contributed by atoms with Crippen LogP contribution >= 0.6 is 0 Å². The molecule has 2 saturated heterocycles. The van der Waals surface area contributed by atoms with Gasteiger partial charge in [-0.25, -0.2) is 4.79 Å². The second kappa shape index (κ2) is 9.47. The molecule has 2 amide bonds. The van der Waals surface area contributed by atoms with Crippen molar-refractivity contribution in [2.45, 2.75) is 24.2 Å². The van der Waals surface area contributed by atoms with Crippen molar-refractivity contribution in [3.8, 4) is 0 Å². The Labute approximate surface area is 194 Å². The second-order valence-electron chi connectivity index (χ2n) is 8.07. The molecule has 0 bridgehead atoms. The number of benzene rings is 2. The summed E-state index contributed by atoms with van der Waals surface area (Å²) in [5.41, 5.74) is -0.298. The molecule has 1 spiro atoms. The first-order valence-corrected chi connectivity index (χ1v) is 10.7. The number of likely N-dealkylation sites (tertiary alicyclic amines) is 1. The Morgan fingerprint density at radius 2 is 1.68 bits per heavy atom. The smallest absolute Gasteiger partial charge is 0.328 e. The number of hydrogen-bond acceptors (Lipinski definition) is 6. The summed E-state index contributed by atoms with van der Waals surface area (Å²) in [5, 5.41) is 2.47. The molecule has 0 unspecified atom stereocenters. The summed E-state index contributed by atoms with van der Waals surface area (Å²) < 4.78 is 45.4. The molecule has 2 aliphatic rings. The fraction of sp³-hybridized carbons (Fsp3) is 0.375. The quantitative estimate of drug-likeness (QED) is 0.645. The van der Waals surface area contributed by atoms with E-state index >= 15 is 0 Å². The highest BCUT2D eigenvalue weighted by atomic mass is 19.3. The highest BCUT2D eigenvalue weighted by Gasteiger charge is 2.53. The molecular weight excluding hydrogens is 450 g/mol. The Morgan fingerprint density at radius 3 is 2.29 bits per heavy atom. The summed E-state index contributed by atoms with van der Waals surface area (Å²) in [5.74, 6) is -6.01. The lowest BCUT2D eigenvalue weighted by molar-refractivity contribution is -0.152. The highest BCUT2D eigenvalue weighted by molar-refractivity contribution is 5.97. The van der Waals surface area contributed by atoms with Crippen LogP contribution in [0, 0.1) is 0 Å². The van der Waals surface area contributed by atoms with Gasteiger partial charge in [-0.3, -0.25) is 9.59 Å². The molecule has 0 saturated carbocycles. The Morgan fingerprint density at radius 1 is 1.06 bits per heavy atom. The number of hydrogen-bond donors (Lipinski definition) is 1. The molecule has 2 fully saturated rings. The van der Waals surface area contributed by atoms with Gasteiger partial charge in [-0.15, -0.1) is 0 Å². The van der Waals surface area contributed by atoms with E-state index in [1.165, 1.54) is 60.5 Å². The summed E-state index contributed by atoms with van der Waals surface area (Å²) in [6.07, 6.45) is 0.135. The van der Waals surface area contributed by atoms with Gasteiger partial charge < -0.3 is 24.4 Å². The molecular formula is C24H24F2N2O6. The van der Waals surface area contributed by atoms with E-state index in [2.05, 4.69) is 5.32 Å². The number of nitrogens with one attached hydrogen (secondary N) is 1. The van der Waals surface area contributed by atoms with Crippen molar-refractivity contribution in [1.29, 1.82) is 0 Å². The first-order valence-electron chi connectivity index (χ1n) is 10.7. The van der Waals surface area contributed by atoms with Crippen LogP contribution in [0.15, 0.2) is 54.6 Å². The average molecular weight is 474 g/mol. The predicted octanol–water partition coefficient (Wildman–Crippen LogP) is 2.07. The third-order valence-electron chi connectivity index (χ3n) is 5.95. The van der Waals surface area contributed by atoms with Gasteiger partial charge in [0.15, 0.2) is 5.79 Å². The Hall–Kier alpha value is -3.37. The lowest BCUT2D eigenvalue weighted by atomic mass is 9.99. The number of esters is 1. The van der Waals surface area contributed by atoms with Crippen molar-refractivity contribution in [1.82, 2.24) is 10.2 Å². The van der Waals surface area contributed by atoms with E-state index in [9.17, 15) is 23.2 Å². The van der Waals surface area contributed by atoms with Crippen LogP contribution in [0.25, 0.3) is 0 Å². The summed E-state index contributed by atoms with van der Waals surface area (Å²) in [6, 6.07) is 11.4.